The van der Waals surface area contributed by atoms with Crippen LogP contribution in [0.25, 0.3) is 60.9 Å². The fraction of sp³-hybridized carbons (Fsp3) is 0. The Morgan fingerprint density at radius 3 is 1.46 bits per heavy atom. The highest BCUT2D eigenvalue weighted by atomic mass is 15.1. The van der Waals surface area contributed by atoms with Gasteiger partial charge in [-0.1, -0.05) is 152 Å². The third-order valence-electron chi connectivity index (χ3n) is 9.61. The van der Waals surface area contributed by atoms with Gasteiger partial charge in [-0.25, -0.2) is 0 Å². The van der Waals surface area contributed by atoms with E-state index in [1.807, 2.05) is 0 Å². The summed E-state index contributed by atoms with van der Waals surface area (Å²) in [4.78, 5) is 2.40. The molecule has 0 saturated carbocycles. The van der Waals surface area contributed by atoms with Crippen LogP contribution in [0.4, 0.5) is 17.1 Å². The second-order valence-electron chi connectivity index (χ2n) is 12.6. The first-order valence-electron chi connectivity index (χ1n) is 17.1. The number of benzene rings is 8. The summed E-state index contributed by atoms with van der Waals surface area (Å²) in [6.45, 7) is 0. The number of rotatable bonds is 7. The molecule has 0 unspecified atom stereocenters. The minimum atomic E-state index is 1.10. The molecule has 0 spiro atoms. The van der Waals surface area contributed by atoms with E-state index in [9.17, 15) is 0 Å². The summed E-state index contributed by atoms with van der Waals surface area (Å²) in [5.74, 6) is 0. The standard InChI is InChI=1S/C48H34N2/c1-4-14-35(15-5-1)37-24-28-40(29-25-37)49(46-22-12-10-20-43(46)39-18-8-3-9-19-39)42-32-33-48-45(34-42)44-21-11-13-23-47(44)50(48)41-30-26-38(27-31-41)36-16-6-2-7-17-36/h1-34H. The average Bonchev–Trinajstić information content (AvgIpc) is 3.53. The van der Waals surface area contributed by atoms with Gasteiger partial charge in [0.2, 0.25) is 0 Å². The first kappa shape index (κ1) is 29.5. The van der Waals surface area contributed by atoms with Gasteiger partial charge in [-0.2, -0.15) is 0 Å². The number of nitrogens with zero attached hydrogens (tertiary/aromatic N) is 2. The maximum Gasteiger partial charge on any atom is 0.0542 e. The number of para-hydroxylation sites is 2. The summed E-state index contributed by atoms with van der Waals surface area (Å²) in [5, 5.41) is 2.44. The molecular formula is C48H34N2. The van der Waals surface area contributed by atoms with Gasteiger partial charge in [0.05, 0.1) is 16.7 Å². The van der Waals surface area contributed by atoms with Crippen molar-refractivity contribution in [3.8, 4) is 39.1 Å². The first-order valence-corrected chi connectivity index (χ1v) is 17.1. The number of anilines is 3. The Kier molecular flexibility index (Phi) is 7.53. The predicted octanol–water partition coefficient (Wildman–Crippen LogP) is 13.3. The lowest BCUT2D eigenvalue weighted by atomic mass is 10.0. The van der Waals surface area contributed by atoms with E-state index in [0.717, 1.165) is 22.7 Å². The SMILES string of the molecule is c1ccc(-c2ccc(N(c3ccc4c(c3)c3ccccc3n4-c3ccc(-c4ccccc4)cc3)c3ccccc3-c3ccccc3)cc2)cc1. The lowest BCUT2D eigenvalue weighted by molar-refractivity contribution is 1.18. The van der Waals surface area contributed by atoms with Crippen LogP contribution in [0.1, 0.15) is 0 Å². The van der Waals surface area contributed by atoms with E-state index in [1.54, 1.807) is 0 Å². The average molecular weight is 639 g/mol. The molecule has 0 aliphatic rings. The third kappa shape index (κ3) is 5.34. The Balaban J connectivity index is 1.22. The van der Waals surface area contributed by atoms with Crippen molar-refractivity contribution in [1.82, 2.24) is 4.57 Å². The molecule has 0 atom stereocenters. The van der Waals surface area contributed by atoms with Crippen LogP contribution in [0.5, 0.6) is 0 Å². The van der Waals surface area contributed by atoms with E-state index < -0.39 is 0 Å². The lowest BCUT2D eigenvalue weighted by Gasteiger charge is -2.28. The van der Waals surface area contributed by atoms with Gasteiger partial charge >= 0.3 is 0 Å². The van der Waals surface area contributed by atoms with Gasteiger partial charge in [-0.05, 0) is 82.4 Å². The van der Waals surface area contributed by atoms with Crippen LogP contribution in [-0.4, -0.2) is 4.57 Å². The van der Waals surface area contributed by atoms with Crippen LogP contribution >= 0.6 is 0 Å². The van der Waals surface area contributed by atoms with Crippen molar-refractivity contribution in [2.45, 2.75) is 0 Å². The van der Waals surface area contributed by atoms with Gasteiger partial charge < -0.3 is 9.47 Å². The molecule has 1 heterocycles. The van der Waals surface area contributed by atoms with E-state index in [1.165, 1.54) is 55.2 Å². The molecule has 9 aromatic rings. The number of hydrogen-bond acceptors (Lipinski definition) is 1. The van der Waals surface area contributed by atoms with Gasteiger partial charge in [0.25, 0.3) is 0 Å². The van der Waals surface area contributed by atoms with E-state index in [-0.39, 0.29) is 0 Å². The molecule has 0 radical (unpaired) electrons. The summed E-state index contributed by atoms with van der Waals surface area (Å²) in [6.07, 6.45) is 0. The lowest BCUT2D eigenvalue weighted by Crippen LogP contribution is -2.11. The van der Waals surface area contributed by atoms with Gasteiger partial charge in [0.15, 0.2) is 0 Å². The Labute approximate surface area is 292 Å². The summed E-state index contributed by atoms with van der Waals surface area (Å²) in [6, 6.07) is 74.0. The smallest absolute Gasteiger partial charge is 0.0542 e. The van der Waals surface area contributed by atoms with Crippen LogP contribution < -0.4 is 4.90 Å². The monoisotopic (exact) mass is 638 g/mol. The van der Waals surface area contributed by atoms with Crippen molar-refractivity contribution >= 4 is 38.9 Å². The number of fused-ring (bicyclic) bond motifs is 3. The van der Waals surface area contributed by atoms with Gasteiger partial charge in [0.1, 0.15) is 0 Å². The van der Waals surface area contributed by atoms with E-state index in [2.05, 4.69) is 216 Å². The van der Waals surface area contributed by atoms with Crippen LogP contribution in [0.3, 0.4) is 0 Å². The maximum atomic E-state index is 2.40. The largest absolute Gasteiger partial charge is 0.310 e. The highest BCUT2D eigenvalue weighted by Crippen LogP contribution is 2.43. The minimum absolute atomic E-state index is 1.10. The molecular weight excluding hydrogens is 605 g/mol. The zero-order valence-corrected chi connectivity index (χ0v) is 27.5. The predicted molar refractivity (Wildman–Crippen MR) is 212 cm³/mol. The van der Waals surface area contributed by atoms with Gasteiger partial charge in [0, 0.05) is 33.4 Å². The molecule has 50 heavy (non-hydrogen) atoms. The van der Waals surface area contributed by atoms with E-state index in [4.69, 9.17) is 0 Å². The topological polar surface area (TPSA) is 8.17 Å². The summed E-state index contributed by atoms with van der Waals surface area (Å²) < 4.78 is 2.39. The Bertz CT molecular complexity index is 2550. The molecule has 2 nitrogen and oxygen atoms in total. The van der Waals surface area contributed by atoms with E-state index in [0.29, 0.717) is 0 Å². The highest BCUT2D eigenvalue weighted by Gasteiger charge is 2.20. The molecule has 1 aromatic heterocycles. The molecule has 0 bridgehead atoms. The molecule has 0 amide bonds. The molecule has 9 rings (SSSR count). The zero-order chi connectivity index (χ0) is 33.3. The second kappa shape index (κ2) is 12.8. The normalized spacial score (nSPS) is 11.2. The third-order valence-corrected chi connectivity index (χ3v) is 9.61. The minimum Gasteiger partial charge on any atom is -0.310 e. The van der Waals surface area contributed by atoms with Gasteiger partial charge in [-0.15, -0.1) is 0 Å². The Morgan fingerprint density at radius 1 is 0.320 bits per heavy atom. The number of aromatic nitrogens is 1. The highest BCUT2D eigenvalue weighted by molar-refractivity contribution is 6.11. The van der Waals surface area contributed by atoms with Crippen molar-refractivity contribution < 1.29 is 0 Å². The van der Waals surface area contributed by atoms with Gasteiger partial charge in [-0.3, -0.25) is 0 Å². The number of hydrogen-bond donors (Lipinski definition) is 0. The van der Waals surface area contributed by atoms with Crippen LogP contribution in [-0.2, 0) is 0 Å². The van der Waals surface area contributed by atoms with Crippen molar-refractivity contribution in [2.75, 3.05) is 4.90 Å². The van der Waals surface area contributed by atoms with E-state index >= 15 is 0 Å². The molecule has 0 saturated heterocycles. The van der Waals surface area contributed by atoms with Crippen LogP contribution in [0.15, 0.2) is 206 Å². The molecule has 2 heteroatoms. The molecule has 0 N–H and O–H groups in total. The maximum absolute atomic E-state index is 2.40. The first-order chi connectivity index (χ1) is 24.8. The molecule has 0 aliphatic heterocycles. The van der Waals surface area contributed by atoms with Crippen molar-refractivity contribution in [3.63, 3.8) is 0 Å². The summed E-state index contributed by atoms with van der Waals surface area (Å²) in [5.41, 5.74) is 14.1. The molecule has 236 valence electrons. The summed E-state index contributed by atoms with van der Waals surface area (Å²) >= 11 is 0. The second-order valence-corrected chi connectivity index (χ2v) is 12.6. The fourth-order valence-corrected chi connectivity index (χ4v) is 7.20. The zero-order valence-electron chi connectivity index (χ0n) is 27.5. The van der Waals surface area contributed by atoms with Crippen LogP contribution in [0.2, 0.25) is 0 Å². The van der Waals surface area contributed by atoms with Crippen molar-refractivity contribution in [1.29, 1.82) is 0 Å². The molecule has 0 aliphatic carbocycles. The fourth-order valence-electron chi connectivity index (χ4n) is 7.20. The Morgan fingerprint density at radius 2 is 0.800 bits per heavy atom. The van der Waals surface area contributed by atoms with Crippen LogP contribution in [0, 0.1) is 0 Å². The van der Waals surface area contributed by atoms with Crippen molar-refractivity contribution in [3.05, 3.63) is 206 Å². The van der Waals surface area contributed by atoms with Crippen molar-refractivity contribution in [2.24, 2.45) is 0 Å². The Hall–Kier alpha value is -6.64. The molecule has 8 aromatic carbocycles. The quantitative estimate of drug-likeness (QED) is 0.169. The molecule has 0 fully saturated rings. The summed E-state index contributed by atoms with van der Waals surface area (Å²) in [7, 11) is 0.